The summed E-state index contributed by atoms with van der Waals surface area (Å²) in [5.74, 6) is 0.796. The Hall–Kier alpha value is -2.94. The van der Waals surface area contributed by atoms with Crippen LogP contribution in [0.15, 0.2) is 42.5 Å². The summed E-state index contributed by atoms with van der Waals surface area (Å²) in [5.41, 5.74) is 9.88. The molecule has 0 bridgehead atoms. The van der Waals surface area contributed by atoms with Gasteiger partial charge in [0.05, 0.1) is 0 Å². The molecule has 3 nitrogen and oxygen atoms in total. The molecule has 0 aromatic heterocycles. The molecule has 37 heavy (non-hydrogen) atoms. The van der Waals surface area contributed by atoms with E-state index in [1.54, 1.807) is 0 Å². The second kappa shape index (κ2) is 10.8. The molecular formula is C34H47NO2. The van der Waals surface area contributed by atoms with Crippen LogP contribution in [0.3, 0.4) is 0 Å². The molecule has 0 radical (unpaired) electrons. The van der Waals surface area contributed by atoms with E-state index in [0.29, 0.717) is 11.5 Å². The SMILES string of the molecule is CCc1cccc(CC)c1N(Cc1cc(C)c(O)c(C(C)(C)C)c1)Cc1cc(C)c(O)c(C(C)(C)C)c1. The fourth-order valence-corrected chi connectivity index (χ4v) is 5.31. The molecule has 0 aliphatic rings. The Bertz CT molecular complexity index is 1160. The van der Waals surface area contributed by atoms with Gasteiger partial charge in [-0.15, -0.1) is 0 Å². The Morgan fingerprint density at radius 3 is 1.35 bits per heavy atom. The molecule has 3 aromatic carbocycles. The maximum atomic E-state index is 10.8. The number of anilines is 1. The molecule has 3 heteroatoms. The summed E-state index contributed by atoms with van der Waals surface area (Å²) in [5, 5.41) is 21.7. The van der Waals surface area contributed by atoms with Gasteiger partial charge in [0.15, 0.2) is 0 Å². The third-order valence-electron chi connectivity index (χ3n) is 7.36. The second-order valence-corrected chi connectivity index (χ2v) is 12.6. The number of aromatic hydroxyl groups is 2. The predicted octanol–water partition coefficient (Wildman–Crippen LogP) is 8.64. The van der Waals surface area contributed by atoms with Crippen molar-refractivity contribution >= 4 is 5.69 Å². The molecule has 3 aromatic rings. The van der Waals surface area contributed by atoms with E-state index in [2.05, 4.69) is 103 Å². The summed E-state index contributed by atoms with van der Waals surface area (Å²) >= 11 is 0. The Morgan fingerprint density at radius 2 is 1.03 bits per heavy atom. The lowest BCUT2D eigenvalue weighted by atomic mass is 9.83. The summed E-state index contributed by atoms with van der Waals surface area (Å²) in [4.78, 5) is 2.49. The highest BCUT2D eigenvalue weighted by Gasteiger charge is 2.24. The summed E-state index contributed by atoms with van der Waals surface area (Å²) in [6.07, 6.45) is 1.92. The van der Waals surface area contributed by atoms with Gasteiger partial charge in [0.25, 0.3) is 0 Å². The lowest BCUT2D eigenvalue weighted by Crippen LogP contribution is -2.26. The van der Waals surface area contributed by atoms with E-state index < -0.39 is 0 Å². The number of hydrogen-bond donors (Lipinski definition) is 2. The van der Waals surface area contributed by atoms with Gasteiger partial charge >= 0.3 is 0 Å². The third kappa shape index (κ3) is 6.32. The minimum absolute atomic E-state index is 0.152. The molecule has 0 amide bonds. The monoisotopic (exact) mass is 501 g/mol. The molecule has 0 atom stereocenters. The van der Waals surface area contributed by atoms with Gasteiger partial charge in [0.2, 0.25) is 0 Å². The maximum absolute atomic E-state index is 10.8. The van der Waals surface area contributed by atoms with Crippen LogP contribution in [0.4, 0.5) is 5.69 Å². The van der Waals surface area contributed by atoms with Crippen molar-refractivity contribution in [3.05, 3.63) is 87.0 Å². The molecule has 0 fully saturated rings. The van der Waals surface area contributed by atoms with Gasteiger partial charge in [0, 0.05) is 18.8 Å². The summed E-state index contributed by atoms with van der Waals surface area (Å²) in [6, 6.07) is 15.3. The van der Waals surface area contributed by atoms with E-state index in [-0.39, 0.29) is 10.8 Å². The zero-order valence-electron chi connectivity index (χ0n) is 24.7. The zero-order chi connectivity index (χ0) is 27.7. The van der Waals surface area contributed by atoms with Crippen LogP contribution in [-0.4, -0.2) is 10.2 Å². The molecule has 0 aliphatic heterocycles. The molecule has 2 N–H and O–H groups in total. The van der Waals surface area contributed by atoms with Gasteiger partial charge in [-0.25, -0.2) is 0 Å². The quantitative estimate of drug-likeness (QED) is 0.340. The number of benzene rings is 3. The van der Waals surface area contributed by atoms with Gasteiger partial charge < -0.3 is 15.1 Å². The van der Waals surface area contributed by atoms with Crippen molar-refractivity contribution in [1.82, 2.24) is 0 Å². The molecule has 0 heterocycles. The first kappa shape index (κ1) is 28.6. The minimum Gasteiger partial charge on any atom is -0.507 e. The van der Waals surface area contributed by atoms with Crippen molar-refractivity contribution in [2.24, 2.45) is 0 Å². The number of hydrogen-bond acceptors (Lipinski definition) is 3. The van der Waals surface area contributed by atoms with Crippen LogP contribution in [0.2, 0.25) is 0 Å². The molecule has 0 spiro atoms. The van der Waals surface area contributed by atoms with Gasteiger partial charge in [-0.1, -0.05) is 85.7 Å². The van der Waals surface area contributed by atoms with E-state index in [0.717, 1.165) is 48.2 Å². The van der Waals surface area contributed by atoms with Crippen LogP contribution in [0.25, 0.3) is 0 Å². The largest absolute Gasteiger partial charge is 0.507 e. The third-order valence-corrected chi connectivity index (χ3v) is 7.36. The highest BCUT2D eigenvalue weighted by molar-refractivity contribution is 5.61. The van der Waals surface area contributed by atoms with E-state index in [1.807, 2.05) is 13.8 Å². The van der Waals surface area contributed by atoms with Gasteiger partial charge in [-0.05, 0) is 94.2 Å². The fraction of sp³-hybridized carbons (Fsp3) is 0.471. The van der Waals surface area contributed by atoms with Gasteiger partial charge in [-0.3, -0.25) is 0 Å². The maximum Gasteiger partial charge on any atom is 0.122 e. The van der Waals surface area contributed by atoms with Crippen molar-refractivity contribution in [3.63, 3.8) is 0 Å². The first-order valence-electron chi connectivity index (χ1n) is 13.7. The van der Waals surface area contributed by atoms with Crippen LogP contribution >= 0.6 is 0 Å². The number of nitrogens with zero attached hydrogens (tertiary/aromatic N) is 1. The van der Waals surface area contributed by atoms with Crippen LogP contribution < -0.4 is 4.90 Å². The summed E-state index contributed by atoms with van der Waals surface area (Å²) in [7, 11) is 0. The van der Waals surface area contributed by atoms with Crippen LogP contribution in [0, 0.1) is 13.8 Å². The van der Waals surface area contributed by atoms with Gasteiger partial charge in [0.1, 0.15) is 11.5 Å². The van der Waals surface area contributed by atoms with Crippen LogP contribution in [-0.2, 0) is 36.8 Å². The number of rotatable bonds is 7. The Labute approximate surface area is 225 Å². The minimum atomic E-state index is -0.152. The van der Waals surface area contributed by atoms with E-state index in [4.69, 9.17) is 0 Å². The fourth-order valence-electron chi connectivity index (χ4n) is 5.31. The molecule has 0 unspecified atom stereocenters. The number of phenols is 2. The van der Waals surface area contributed by atoms with Crippen LogP contribution in [0.1, 0.15) is 99.9 Å². The summed E-state index contributed by atoms with van der Waals surface area (Å²) in [6.45, 7) is 22.8. The highest BCUT2D eigenvalue weighted by Crippen LogP contribution is 2.38. The van der Waals surface area contributed by atoms with Crippen molar-refractivity contribution in [2.75, 3.05) is 4.90 Å². The normalized spacial score (nSPS) is 12.2. The van der Waals surface area contributed by atoms with E-state index >= 15 is 0 Å². The Balaban J connectivity index is 2.19. The van der Waals surface area contributed by atoms with Crippen LogP contribution in [0.5, 0.6) is 11.5 Å². The molecular weight excluding hydrogens is 454 g/mol. The topological polar surface area (TPSA) is 43.7 Å². The lowest BCUT2D eigenvalue weighted by molar-refractivity contribution is 0.442. The predicted molar refractivity (Wildman–Crippen MR) is 158 cm³/mol. The number of aryl methyl sites for hydroxylation is 4. The number of para-hydroxylation sites is 1. The molecule has 0 aliphatic carbocycles. The first-order chi connectivity index (χ1) is 17.2. The number of phenolic OH excluding ortho intramolecular Hbond substituents is 2. The van der Waals surface area contributed by atoms with E-state index in [1.165, 1.54) is 27.9 Å². The van der Waals surface area contributed by atoms with Crippen molar-refractivity contribution < 1.29 is 10.2 Å². The van der Waals surface area contributed by atoms with Crippen molar-refractivity contribution in [3.8, 4) is 11.5 Å². The van der Waals surface area contributed by atoms with E-state index in [9.17, 15) is 10.2 Å². The molecule has 3 rings (SSSR count). The first-order valence-corrected chi connectivity index (χ1v) is 13.7. The lowest BCUT2D eigenvalue weighted by Gasteiger charge is -2.32. The van der Waals surface area contributed by atoms with Gasteiger partial charge in [-0.2, -0.15) is 0 Å². The Kier molecular flexibility index (Phi) is 8.37. The summed E-state index contributed by atoms with van der Waals surface area (Å²) < 4.78 is 0. The molecule has 0 saturated carbocycles. The highest BCUT2D eigenvalue weighted by atomic mass is 16.3. The second-order valence-electron chi connectivity index (χ2n) is 12.6. The molecule has 0 saturated heterocycles. The molecule has 200 valence electrons. The Morgan fingerprint density at radius 1 is 0.649 bits per heavy atom. The average molecular weight is 502 g/mol. The standard InChI is InChI=1S/C34H47NO2/c1-11-26-14-13-15-27(12-2)30(26)35(20-24-16-22(3)31(36)28(18-24)33(5,6)7)21-25-17-23(4)32(37)29(19-25)34(8,9)10/h13-19,36-37H,11-12,20-21H2,1-10H3. The zero-order valence-corrected chi connectivity index (χ0v) is 24.7. The van der Waals surface area contributed by atoms with Crippen molar-refractivity contribution in [2.45, 2.75) is 106 Å². The average Bonchev–Trinajstić information content (AvgIpc) is 2.80. The van der Waals surface area contributed by atoms with Crippen molar-refractivity contribution in [1.29, 1.82) is 0 Å². The smallest absolute Gasteiger partial charge is 0.122 e.